The molecule has 1 saturated heterocycles. The molecule has 1 heterocycles. The van der Waals surface area contributed by atoms with Gasteiger partial charge < -0.3 is 20.1 Å². The zero-order valence-corrected chi connectivity index (χ0v) is 12.2. The minimum atomic E-state index is -0.452. The van der Waals surface area contributed by atoms with Gasteiger partial charge in [-0.05, 0) is 39.8 Å². The van der Waals surface area contributed by atoms with E-state index in [1.807, 2.05) is 6.92 Å². The fourth-order valence-corrected chi connectivity index (χ4v) is 2.59. The molecule has 0 aliphatic carbocycles. The topological polar surface area (TPSA) is 47.7 Å². The van der Waals surface area contributed by atoms with Crippen molar-refractivity contribution >= 4 is 5.69 Å². The molecule has 4 nitrogen and oxygen atoms in total. The van der Waals surface area contributed by atoms with Crippen LogP contribution in [0.5, 0.6) is 11.5 Å². The normalized spacial score (nSPS) is 19.2. The third kappa shape index (κ3) is 3.54. The Bertz CT molecular complexity index is 454. The summed E-state index contributed by atoms with van der Waals surface area (Å²) in [6, 6.07) is 3.36. The van der Waals surface area contributed by atoms with Gasteiger partial charge in [0, 0.05) is 18.2 Å². The number of nitrogen functional groups attached to an aromatic ring is 1. The van der Waals surface area contributed by atoms with Crippen LogP contribution >= 0.6 is 0 Å². The first-order valence-corrected chi connectivity index (χ1v) is 7.16. The van der Waals surface area contributed by atoms with Crippen LogP contribution in [0.2, 0.25) is 0 Å². The Hall–Kier alpha value is -1.49. The average Bonchev–Trinajstić information content (AvgIpc) is 2.81. The van der Waals surface area contributed by atoms with Crippen molar-refractivity contribution in [3.8, 4) is 11.5 Å². The summed E-state index contributed by atoms with van der Waals surface area (Å²) in [4.78, 5) is 2.35. The maximum atomic E-state index is 13.6. The van der Waals surface area contributed by atoms with Crippen LogP contribution < -0.4 is 15.2 Å². The van der Waals surface area contributed by atoms with Gasteiger partial charge in [-0.25, -0.2) is 4.39 Å². The number of hydrogen-bond donors (Lipinski definition) is 1. The molecule has 5 heteroatoms. The highest BCUT2D eigenvalue weighted by molar-refractivity contribution is 5.56. The second-order valence-electron chi connectivity index (χ2n) is 5.17. The van der Waals surface area contributed by atoms with Gasteiger partial charge in [0.25, 0.3) is 0 Å². The summed E-state index contributed by atoms with van der Waals surface area (Å²) in [5.74, 6) is 0.234. The van der Waals surface area contributed by atoms with Gasteiger partial charge in [-0.15, -0.1) is 0 Å². The Balaban J connectivity index is 1.93. The van der Waals surface area contributed by atoms with E-state index in [4.69, 9.17) is 15.2 Å². The minimum absolute atomic E-state index is 0.190. The van der Waals surface area contributed by atoms with Gasteiger partial charge in [0.2, 0.25) is 0 Å². The van der Waals surface area contributed by atoms with Gasteiger partial charge in [0.05, 0.1) is 18.9 Å². The minimum Gasteiger partial charge on any atom is -0.491 e. The molecule has 0 bridgehead atoms. The second kappa shape index (κ2) is 6.79. The molecule has 2 rings (SSSR count). The van der Waals surface area contributed by atoms with Gasteiger partial charge in [-0.1, -0.05) is 0 Å². The standard InChI is InChI=1S/C15H23FN2O2/c1-3-19-14-10-15(13(17)9-12(14)16)20-8-6-11-5-4-7-18(11)2/h9-11H,3-8,17H2,1-2H3. The number of hydrogen-bond acceptors (Lipinski definition) is 4. The summed E-state index contributed by atoms with van der Waals surface area (Å²) in [5, 5.41) is 0. The first-order chi connectivity index (χ1) is 9.61. The molecule has 112 valence electrons. The molecule has 1 aromatic carbocycles. The lowest BCUT2D eigenvalue weighted by Gasteiger charge is -2.19. The fourth-order valence-electron chi connectivity index (χ4n) is 2.59. The van der Waals surface area contributed by atoms with Crippen LogP contribution in [-0.4, -0.2) is 37.7 Å². The smallest absolute Gasteiger partial charge is 0.167 e. The summed E-state index contributed by atoms with van der Waals surface area (Å²) in [7, 11) is 2.14. The summed E-state index contributed by atoms with van der Waals surface area (Å²) >= 11 is 0. The van der Waals surface area contributed by atoms with E-state index in [9.17, 15) is 4.39 Å². The molecule has 1 aliphatic heterocycles. The van der Waals surface area contributed by atoms with E-state index in [1.54, 1.807) is 0 Å². The van der Waals surface area contributed by atoms with Crippen LogP contribution in [0.3, 0.4) is 0 Å². The quantitative estimate of drug-likeness (QED) is 0.815. The Morgan fingerprint density at radius 2 is 2.15 bits per heavy atom. The summed E-state index contributed by atoms with van der Waals surface area (Å²) in [6.45, 7) is 3.95. The maximum Gasteiger partial charge on any atom is 0.167 e. The van der Waals surface area contributed by atoms with E-state index in [0.717, 1.165) is 13.0 Å². The first-order valence-electron chi connectivity index (χ1n) is 7.16. The van der Waals surface area contributed by atoms with Crippen LogP contribution in [0, 0.1) is 5.82 Å². The van der Waals surface area contributed by atoms with Crippen LogP contribution in [0.4, 0.5) is 10.1 Å². The molecule has 0 spiro atoms. The van der Waals surface area contributed by atoms with E-state index in [1.165, 1.54) is 25.0 Å². The predicted molar refractivity (Wildman–Crippen MR) is 77.7 cm³/mol. The summed E-state index contributed by atoms with van der Waals surface area (Å²) in [5.41, 5.74) is 6.09. The highest BCUT2D eigenvalue weighted by Gasteiger charge is 2.20. The number of likely N-dealkylation sites (tertiary alicyclic amines) is 1. The second-order valence-corrected chi connectivity index (χ2v) is 5.17. The van der Waals surface area contributed by atoms with E-state index in [0.29, 0.717) is 30.7 Å². The van der Waals surface area contributed by atoms with Crippen molar-refractivity contribution < 1.29 is 13.9 Å². The van der Waals surface area contributed by atoms with Crippen LogP contribution in [0.25, 0.3) is 0 Å². The van der Waals surface area contributed by atoms with Crippen molar-refractivity contribution in [2.45, 2.75) is 32.2 Å². The van der Waals surface area contributed by atoms with Crippen molar-refractivity contribution in [1.82, 2.24) is 4.90 Å². The molecule has 1 unspecified atom stereocenters. The molecule has 20 heavy (non-hydrogen) atoms. The molecule has 0 amide bonds. The number of halogens is 1. The van der Waals surface area contributed by atoms with Gasteiger partial charge in [-0.3, -0.25) is 0 Å². The van der Waals surface area contributed by atoms with Crippen molar-refractivity contribution in [2.24, 2.45) is 0 Å². The van der Waals surface area contributed by atoms with Crippen molar-refractivity contribution in [2.75, 3.05) is 32.5 Å². The van der Waals surface area contributed by atoms with Crippen LogP contribution in [0.15, 0.2) is 12.1 Å². The van der Waals surface area contributed by atoms with Crippen molar-refractivity contribution in [1.29, 1.82) is 0 Å². The summed E-state index contributed by atoms with van der Waals surface area (Å²) in [6.07, 6.45) is 3.41. The molecule has 0 radical (unpaired) electrons. The largest absolute Gasteiger partial charge is 0.491 e. The van der Waals surface area contributed by atoms with Gasteiger partial charge >= 0.3 is 0 Å². The fraction of sp³-hybridized carbons (Fsp3) is 0.600. The van der Waals surface area contributed by atoms with Crippen LogP contribution in [0.1, 0.15) is 26.2 Å². The van der Waals surface area contributed by atoms with E-state index in [-0.39, 0.29) is 5.75 Å². The number of rotatable bonds is 6. The zero-order valence-electron chi connectivity index (χ0n) is 12.2. The van der Waals surface area contributed by atoms with Crippen LogP contribution in [-0.2, 0) is 0 Å². The molecule has 0 saturated carbocycles. The Kier molecular flexibility index (Phi) is 5.06. The van der Waals surface area contributed by atoms with E-state index in [2.05, 4.69) is 11.9 Å². The SMILES string of the molecule is CCOc1cc(OCCC2CCCN2C)c(N)cc1F. The lowest BCUT2D eigenvalue weighted by atomic mass is 10.1. The summed E-state index contributed by atoms with van der Waals surface area (Å²) < 4.78 is 24.5. The lowest BCUT2D eigenvalue weighted by molar-refractivity contribution is 0.232. The van der Waals surface area contributed by atoms with Gasteiger partial charge in [-0.2, -0.15) is 0 Å². The number of anilines is 1. The molecule has 0 aromatic heterocycles. The highest BCUT2D eigenvalue weighted by atomic mass is 19.1. The Morgan fingerprint density at radius 3 is 2.80 bits per heavy atom. The molecular weight excluding hydrogens is 259 g/mol. The van der Waals surface area contributed by atoms with Gasteiger partial charge in [0.15, 0.2) is 11.6 Å². The van der Waals surface area contributed by atoms with E-state index >= 15 is 0 Å². The van der Waals surface area contributed by atoms with E-state index < -0.39 is 5.82 Å². The average molecular weight is 282 g/mol. The Morgan fingerprint density at radius 1 is 1.35 bits per heavy atom. The molecule has 1 atom stereocenters. The predicted octanol–water partition coefficient (Wildman–Crippen LogP) is 2.67. The maximum absolute atomic E-state index is 13.6. The highest BCUT2D eigenvalue weighted by Crippen LogP contribution is 2.30. The lowest BCUT2D eigenvalue weighted by Crippen LogP contribution is -2.26. The van der Waals surface area contributed by atoms with Crippen molar-refractivity contribution in [3.05, 3.63) is 17.9 Å². The zero-order chi connectivity index (χ0) is 14.5. The third-order valence-corrected chi connectivity index (χ3v) is 3.74. The third-order valence-electron chi connectivity index (χ3n) is 3.74. The number of benzene rings is 1. The molecule has 1 aromatic rings. The molecule has 1 aliphatic rings. The van der Waals surface area contributed by atoms with Gasteiger partial charge in [0.1, 0.15) is 5.75 Å². The number of ether oxygens (including phenoxy) is 2. The molecular formula is C15H23FN2O2. The number of nitrogens with two attached hydrogens (primary N) is 1. The number of nitrogens with zero attached hydrogens (tertiary/aromatic N) is 1. The molecule has 1 fully saturated rings. The van der Waals surface area contributed by atoms with Crippen molar-refractivity contribution in [3.63, 3.8) is 0 Å². The Labute approximate surface area is 119 Å². The molecule has 2 N–H and O–H groups in total. The monoisotopic (exact) mass is 282 g/mol. The first kappa shape index (κ1) is 14.9.